The van der Waals surface area contributed by atoms with Crippen molar-refractivity contribution in [2.24, 2.45) is 16.5 Å². The van der Waals surface area contributed by atoms with Gasteiger partial charge in [-0.1, -0.05) is 43.8 Å². The first kappa shape index (κ1) is 28.3. The molecule has 0 spiro atoms. The molecule has 2 aromatic heterocycles. The Kier molecular flexibility index (Phi) is 10.3. The number of rotatable bonds is 9. The SMILES string of the molecule is C=CN=C(N)c1cc(-c2ccc(CNc3ncccc3C(CC)c3ccc(F)cc3)s2)ccc1C.NC=O. The van der Waals surface area contributed by atoms with Crippen LogP contribution in [0.15, 0.2) is 90.7 Å². The Bertz CT molecular complexity index is 1400. The molecule has 0 radical (unpaired) electrons. The summed E-state index contributed by atoms with van der Waals surface area (Å²) in [5, 5.41) is 3.52. The number of benzene rings is 2. The van der Waals surface area contributed by atoms with Crippen LogP contribution < -0.4 is 16.8 Å². The Morgan fingerprint density at radius 3 is 2.61 bits per heavy atom. The van der Waals surface area contributed by atoms with E-state index in [9.17, 15) is 4.39 Å². The van der Waals surface area contributed by atoms with Crippen LogP contribution in [-0.2, 0) is 11.3 Å². The molecule has 0 bridgehead atoms. The number of pyridine rings is 1. The lowest BCUT2D eigenvalue weighted by molar-refractivity contribution is -0.106. The van der Waals surface area contributed by atoms with Gasteiger partial charge in [-0.2, -0.15) is 0 Å². The molecule has 4 rings (SSSR count). The lowest BCUT2D eigenvalue weighted by atomic mass is 9.89. The van der Waals surface area contributed by atoms with Crippen molar-refractivity contribution in [1.82, 2.24) is 4.98 Å². The van der Waals surface area contributed by atoms with E-state index in [1.807, 2.05) is 25.1 Å². The fraction of sp³-hybridized carbons (Fsp3) is 0.167. The van der Waals surface area contributed by atoms with E-state index < -0.39 is 0 Å². The molecule has 0 aliphatic heterocycles. The number of amides is 1. The molecule has 2 aromatic carbocycles. The van der Waals surface area contributed by atoms with E-state index in [-0.39, 0.29) is 18.1 Å². The number of anilines is 1. The maximum Gasteiger partial charge on any atom is 0.204 e. The number of nitrogens with one attached hydrogen (secondary N) is 1. The average Bonchev–Trinajstić information content (AvgIpc) is 3.39. The van der Waals surface area contributed by atoms with Crippen molar-refractivity contribution < 1.29 is 9.18 Å². The number of carbonyl (C=O) groups excluding carboxylic acids is 1. The van der Waals surface area contributed by atoms with Crippen LogP contribution in [0.3, 0.4) is 0 Å². The summed E-state index contributed by atoms with van der Waals surface area (Å²) < 4.78 is 13.4. The number of halogens is 1. The molecule has 1 atom stereocenters. The molecular weight excluding hydrogens is 497 g/mol. The van der Waals surface area contributed by atoms with Crippen molar-refractivity contribution in [3.05, 3.63) is 119 Å². The molecule has 38 heavy (non-hydrogen) atoms. The predicted octanol–water partition coefficient (Wildman–Crippen LogP) is 6.36. The van der Waals surface area contributed by atoms with Gasteiger partial charge >= 0.3 is 0 Å². The highest BCUT2D eigenvalue weighted by Crippen LogP contribution is 2.33. The summed E-state index contributed by atoms with van der Waals surface area (Å²) >= 11 is 1.73. The number of aromatic nitrogens is 1. The summed E-state index contributed by atoms with van der Waals surface area (Å²) in [4.78, 5) is 19.7. The van der Waals surface area contributed by atoms with Gasteiger partial charge in [-0.15, -0.1) is 11.3 Å². The predicted molar refractivity (Wildman–Crippen MR) is 156 cm³/mol. The second-order valence-corrected chi connectivity index (χ2v) is 9.60. The second-order valence-electron chi connectivity index (χ2n) is 8.44. The number of amidine groups is 1. The van der Waals surface area contributed by atoms with Gasteiger partial charge in [0.05, 0.1) is 6.54 Å². The Balaban J connectivity index is 0.00000127. The number of hydrogen-bond donors (Lipinski definition) is 3. The smallest absolute Gasteiger partial charge is 0.204 e. The van der Waals surface area contributed by atoms with E-state index in [4.69, 9.17) is 10.5 Å². The van der Waals surface area contributed by atoms with Gasteiger partial charge in [-0.25, -0.2) is 14.4 Å². The second kappa shape index (κ2) is 13.9. The van der Waals surface area contributed by atoms with E-state index in [1.54, 1.807) is 17.5 Å². The zero-order valence-corrected chi connectivity index (χ0v) is 22.3. The Hall–Kier alpha value is -4.30. The topological polar surface area (TPSA) is 106 Å². The van der Waals surface area contributed by atoms with Gasteiger partial charge in [0, 0.05) is 39.2 Å². The van der Waals surface area contributed by atoms with Crippen LogP contribution >= 0.6 is 11.3 Å². The molecule has 6 nitrogen and oxygen atoms in total. The van der Waals surface area contributed by atoms with Gasteiger partial charge < -0.3 is 16.8 Å². The first-order chi connectivity index (χ1) is 18.4. The zero-order valence-electron chi connectivity index (χ0n) is 21.5. The van der Waals surface area contributed by atoms with Crippen LogP contribution in [0.25, 0.3) is 10.4 Å². The fourth-order valence-electron chi connectivity index (χ4n) is 4.19. The highest BCUT2D eigenvalue weighted by molar-refractivity contribution is 7.15. The molecule has 8 heteroatoms. The number of primary amides is 1. The van der Waals surface area contributed by atoms with Gasteiger partial charge in [0.15, 0.2) is 0 Å². The van der Waals surface area contributed by atoms with Crippen LogP contribution in [0.4, 0.5) is 10.2 Å². The van der Waals surface area contributed by atoms with Crippen molar-refractivity contribution in [3.8, 4) is 10.4 Å². The molecule has 1 amide bonds. The van der Waals surface area contributed by atoms with E-state index in [0.717, 1.165) is 44.9 Å². The van der Waals surface area contributed by atoms with Crippen molar-refractivity contribution in [2.45, 2.75) is 32.7 Å². The number of carbonyl (C=O) groups is 1. The minimum absolute atomic E-state index is 0.138. The third-order valence-corrected chi connectivity index (χ3v) is 7.15. The maximum atomic E-state index is 13.4. The fourth-order valence-corrected chi connectivity index (χ4v) is 5.14. The third-order valence-electron chi connectivity index (χ3n) is 6.02. The normalized spacial score (nSPS) is 11.7. The molecule has 4 aromatic rings. The van der Waals surface area contributed by atoms with E-state index >= 15 is 0 Å². The minimum atomic E-state index is -0.224. The molecule has 1 unspecified atom stereocenters. The quantitative estimate of drug-likeness (QED) is 0.133. The Morgan fingerprint density at radius 1 is 1.18 bits per heavy atom. The lowest BCUT2D eigenvalue weighted by Gasteiger charge is -2.19. The van der Waals surface area contributed by atoms with Gasteiger partial charge in [0.25, 0.3) is 0 Å². The molecule has 0 fully saturated rings. The summed E-state index contributed by atoms with van der Waals surface area (Å²) in [6.45, 7) is 8.46. The van der Waals surface area contributed by atoms with E-state index in [1.165, 1.54) is 23.2 Å². The molecular formula is C30H32FN5OS. The molecule has 0 saturated heterocycles. The summed E-state index contributed by atoms with van der Waals surface area (Å²) in [7, 11) is 0. The lowest BCUT2D eigenvalue weighted by Crippen LogP contribution is -2.14. The highest BCUT2D eigenvalue weighted by atomic mass is 32.1. The van der Waals surface area contributed by atoms with Crippen molar-refractivity contribution >= 4 is 29.4 Å². The largest absolute Gasteiger partial charge is 0.383 e. The van der Waals surface area contributed by atoms with Crippen LogP contribution in [0, 0.1) is 12.7 Å². The molecule has 0 saturated carbocycles. The molecule has 196 valence electrons. The molecule has 2 heterocycles. The van der Waals surface area contributed by atoms with Crippen molar-refractivity contribution in [1.29, 1.82) is 0 Å². The van der Waals surface area contributed by atoms with Gasteiger partial charge in [-0.05, 0) is 66.4 Å². The number of aliphatic imine (C=N–C) groups is 1. The third kappa shape index (κ3) is 7.14. The van der Waals surface area contributed by atoms with Crippen molar-refractivity contribution in [3.63, 3.8) is 0 Å². The number of thiophene rings is 1. The summed E-state index contributed by atoms with van der Waals surface area (Å²) in [5.41, 5.74) is 15.6. The molecule has 5 N–H and O–H groups in total. The average molecular weight is 530 g/mol. The summed E-state index contributed by atoms with van der Waals surface area (Å²) in [6, 6.07) is 21.3. The van der Waals surface area contributed by atoms with Crippen LogP contribution in [0.5, 0.6) is 0 Å². The van der Waals surface area contributed by atoms with E-state index in [2.05, 4.69) is 70.9 Å². The van der Waals surface area contributed by atoms with Crippen LogP contribution in [0.2, 0.25) is 0 Å². The van der Waals surface area contributed by atoms with Crippen molar-refractivity contribution in [2.75, 3.05) is 5.32 Å². The first-order valence-corrected chi connectivity index (χ1v) is 13.0. The monoisotopic (exact) mass is 529 g/mol. The summed E-state index contributed by atoms with van der Waals surface area (Å²) in [6.07, 6.45) is 4.40. The Morgan fingerprint density at radius 2 is 1.92 bits per heavy atom. The molecule has 0 aliphatic rings. The van der Waals surface area contributed by atoms with Gasteiger partial charge in [0.2, 0.25) is 6.41 Å². The number of nitrogens with two attached hydrogens (primary N) is 2. The number of hydrogen-bond acceptors (Lipinski definition) is 5. The number of aryl methyl sites for hydroxylation is 1. The molecule has 0 aliphatic carbocycles. The Labute approximate surface area is 227 Å². The maximum absolute atomic E-state index is 13.4. The zero-order chi connectivity index (χ0) is 27.5. The minimum Gasteiger partial charge on any atom is -0.383 e. The highest BCUT2D eigenvalue weighted by Gasteiger charge is 2.17. The summed E-state index contributed by atoms with van der Waals surface area (Å²) in [5.74, 6) is 1.23. The standard InChI is InChI=1S/C29H29FN4S.CH3NO/c1-4-24(20-10-12-22(30)13-11-20)25-7-6-16-33-29(25)34-18-23-14-15-27(35-23)21-9-8-19(3)26(17-21)28(31)32-5-2;2-1-3/h5-17,24H,2,4,18H2,1,3H3,(H2,31,32)(H,33,34);1H,(H2,2,3). The number of nitrogens with zero attached hydrogens (tertiary/aromatic N) is 2. The van der Waals surface area contributed by atoms with E-state index in [0.29, 0.717) is 12.4 Å². The van der Waals surface area contributed by atoms with Gasteiger partial charge in [-0.3, -0.25) is 4.79 Å². The first-order valence-electron chi connectivity index (χ1n) is 12.2. The van der Waals surface area contributed by atoms with Crippen LogP contribution in [-0.4, -0.2) is 17.2 Å². The van der Waals surface area contributed by atoms with Gasteiger partial charge in [0.1, 0.15) is 17.5 Å². The van der Waals surface area contributed by atoms with Crippen LogP contribution in [0.1, 0.15) is 46.4 Å².